The first kappa shape index (κ1) is 17.8. The predicted octanol–water partition coefficient (Wildman–Crippen LogP) is 1.99. The Morgan fingerprint density at radius 3 is 2.70 bits per heavy atom. The van der Waals surface area contributed by atoms with Gasteiger partial charge in [0.25, 0.3) is 0 Å². The smallest absolute Gasteiger partial charge is 0.0834 e. The molecular weight excluding hydrogens is 294 g/mol. The number of nitrogens with two attached hydrogens (primary N) is 1. The second-order valence-electron chi connectivity index (χ2n) is 5.55. The maximum absolute atomic E-state index is 6.27. The Balaban J connectivity index is 2.72. The fourth-order valence-electron chi connectivity index (χ4n) is 1.82. The molecule has 0 amide bonds. The van der Waals surface area contributed by atoms with Crippen LogP contribution in [-0.2, 0) is 6.54 Å². The summed E-state index contributed by atoms with van der Waals surface area (Å²) >= 11 is 8.15. The predicted molar refractivity (Wildman–Crippen MR) is 88.0 cm³/mol. The molecule has 0 fully saturated rings. The average Bonchev–Trinajstić information content (AvgIpc) is 2.73. The molecule has 0 bridgehead atoms. The first-order valence-corrected chi connectivity index (χ1v) is 8.38. The van der Waals surface area contributed by atoms with Crippen molar-refractivity contribution in [2.24, 2.45) is 11.8 Å². The monoisotopic (exact) mass is 319 g/mol. The van der Waals surface area contributed by atoms with Gasteiger partial charge in [0.05, 0.1) is 29.5 Å². The van der Waals surface area contributed by atoms with Crippen molar-refractivity contribution in [1.82, 2.24) is 20.1 Å². The van der Waals surface area contributed by atoms with E-state index in [1.54, 1.807) is 6.20 Å². The number of aromatic nitrogens is 2. The number of nitrogens with zero attached hydrogens (tertiary/aromatic N) is 3. The van der Waals surface area contributed by atoms with Gasteiger partial charge in [-0.15, -0.1) is 0 Å². The highest BCUT2D eigenvalue weighted by Gasteiger charge is 2.19. The zero-order chi connectivity index (χ0) is 15.1. The van der Waals surface area contributed by atoms with E-state index in [0.717, 1.165) is 30.3 Å². The fraction of sp³-hybridized carbons (Fsp3) is 0.769. The summed E-state index contributed by atoms with van der Waals surface area (Å²) in [6, 6.07) is 0.0240. The topological polar surface area (TPSA) is 59.1 Å². The van der Waals surface area contributed by atoms with Gasteiger partial charge in [0, 0.05) is 12.3 Å². The fourth-order valence-corrected chi connectivity index (χ4v) is 3.19. The summed E-state index contributed by atoms with van der Waals surface area (Å²) in [4.78, 5) is 2.12. The average molecular weight is 320 g/mol. The van der Waals surface area contributed by atoms with Gasteiger partial charge in [-0.2, -0.15) is 16.9 Å². The lowest BCUT2D eigenvalue weighted by molar-refractivity contribution is 0.364. The molecular formula is C13H26ClN5S. The maximum Gasteiger partial charge on any atom is 0.0834 e. The highest BCUT2D eigenvalue weighted by atomic mass is 35.5. The minimum Gasteiger partial charge on any atom is -0.308 e. The van der Waals surface area contributed by atoms with E-state index >= 15 is 0 Å². The molecule has 1 aromatic heterocycles. The van der Waals surface area contributed by atoms with Gasteiger partial charge in [-0.1, -0.05) is 25.4 Å². The van der Waals surface area contributed by atoms with E-state index in [0.29, 0.717) is 10.9 Å². The molecule has 0 spiro atoms. The molecule has 7 heteroatoms. The molecule has 1 rings (SSSR count). The van der Waals surface area contributed by atoms with Gasteiger partial charge in [-0.3, -0.25) is 16.0 Å². The highest BCUT2D eigenvalue weighted by Crippen LogP contribution is 2.25. The van der Waals surface area contributed by atoms with Crippen LogP contribution < -0.4 is 11.3 Å². The Kier molecular flexibility index (Phi) is 7.91. The third kappa shape index (κ3) is 5.61. The molecule has 0 radical (unpaired) electrons. The van der Waals surface area contributed by atoms with Crippen LogP contribution in [-0.4, -0.2) is 46.8 Å². The Morgan fingerprint density at radius 2 is 2.15 bits per heavy atom. The van der Waals surface area contributed by atoms with Crippen molar-refractivity contribution in [2.45, 2.75) is 26.4 Å². The van der Waals surface area contributed by atoms with Crippen molar-refractivity contribution < 1.29 is 0 Å². The van der Waals surface area contributed by atoms with Crippen molar-refractivity contribution in [2.75, 3.05) is 32.1 Å². The van der Waals surface area contributed by atoms with E-state index in [9.17, 15) is 0 Å². The van der Waals surface area contributed by atoms with Gasteiger partial charge in [0.2, 0.25) is 0 Å². The van der Waals surface area contributed by atoms with Gasteiger partial charge >= 0.3 is 0 Å². The maximum atomic E-state index is 6.27. The molecule has 1 unspecified atom stereocenters. The van der Waals surface area contributed by atoms with Crippen LogP contribution >= 0.6 is 23.4 Å². The molecule has 1 atom stereocenters. The van der Waals surface area contributed by atoms with Gasteiger partial charge in [-0.25, -0.2) is 0 Å². The Hall–Kier alpha value is -0.270. The molecule has 0 aromatic carbocycles. The second-order valence-corrected chi connectivity index (χ2v) is 7.04. The molecule has 116 valence electrons. The summed E-state index contributed by atoms with van der Waals surface area (Å²) in [6.45, 7) is 6.15. The summed E-state index contributed by atoms with van der Waals surface area (Å²) in [5, 5.41) is 5.03. The zero-order valence-electron chi connectivity index (χ0n) is 12.8. The minimum atomic E-state index is 0.0240. The third-order valence-corrected chi connectivity index (χ3v) is 4.62. The lowest BCUT2D eigenvalue weighted by Crippen LogP contribution is -2.32. The number of thioether (sulfide) groups is 1. The van der Waals surface area contributed by atoms with Crippen molar-refractivity contribution >= 4 is 23.4 Å². The Bertz CT molecular complexity index is 394. The summed E-state index contributed by atoms with van der Waals surface area (Å²) < 4.78 is 1.95. The Labute approximate surface area is 131 Å². The number of nitrogens with one attached hydrogen (secondary N) is 1. The Morgan fingerprint density at radius 1 is 1.45 bits per heavy atom. The summed E-state index contributed by atoms with van der Waals surface area (Å²) in [6.07, 6.45) is 1.70. The molecule has 1 heterocycles. The van der Waals surface area contributed by atoms with E-state index in [2.05, 4.69) is 29.3 Å². The van der Waals surface area contributed by atoms with Gasteiger partial charge in [0.15, 0.2) is 0 Å². The highest BCUT2D eigenvalue weighted by molar-refractivity contribution is 7.99. The van der Waals surface area contributed by atoms with Gasteiger partial charge in [0.1, 0.15) is 0 Å². The lowest BCUT2D eigenvalue weighted by atomic mass is 10.2. The second kappa shape index (κ2) is 8.89. The van der Waals surface area contributed by atoms with E-state index in [1.165, 1.54) is 0 Å². The summed E-state index contributed by atoms with van der Waals surface area (Å²) in [5.41, 5.74) is 3.85. The molecule has 0 aliphatic carbocycles. The quantitative estimate of drug-likeness (QED) is 0.538. The first-order valence-electron chi connectivity index (χ1n) is 6.85. The van der Waals surface area contributed by atoms with Crippen LogP contribution in [0.15, 0.2) is 6.20 Å². The number of rotatable bonds is 9. The van der Waals surface area contributed by atoms with Crippen LogP contribution in [0, 0.1) is 5.92 Å². The van der Waals surface area contributed by atoms with Gasteiger partial charge in [-0.05, 0) is 25.8 Å². The van der Waals surface area contributed by atoms with Crippen LogP contribution in [0.1, 0.15) is 25.6 Å². The molecule has 0 saturated carbocycles. The van der Waals surface area contributed by atoms with Crippen molar-refractivity contribution in [3.8, 4) is 0 Å². The summed E-state index contributed by atoms with van der Waals surface area (Å²) in [7, 11) is 4.09. The standard InChI is InChI=1S/C13H26ClN5S/c1-10(2)8-20-9-12(17-15)13-11(14)7-16-19(13)6-5-18(3)4/h7,10,12,17H,5-6,8-9,15H2,1-4H3. The van der Waals surface area contributed by atoms with Crippen molar-refractivity contribution in [3.05, 3.63) is 16.9 Å². The van der Waals surface area contributed by atoms with Crippen LogP contribution in [0.5, 0.6) is 0 Å². The van der Waals surface area contributed by atoms with Crippen molar-refractivity contribution in [1.29, 1.82) is 0 Å². The van der Waals surface area contributed by atoms with Crippen LogP contribution in [0.3, 0.4) is 0 Å². The number of hydrogen-bond donors (Lipinski definition) is 2. The largest absolute Gasteiger partial charge is 0.308 e. The molecule has 0 aliphatic heterocycles. The number of hydrazine groups is 1. The SMILES string of the molecule is CC(C)CSCC(NN)c1c(Cl)cnn1CCN(C)C. The van der Waals surface area contributed by atoms with Gasteiger partial charge < -0.3 is 4.90 Å². The molecule has 0 aliphatic rings. The molecule has 1 aromatic rings. The number of hydrogen-bond acceptors (Lipinski definition) is 5. The van der Waals surface area contributed by atoms with Crippen LogP contribution in [0.4, 0.5) is 0 Å². The summed E-state index contributed by atoms with van der Waals surface area (Å²) in [5.74, 6) is 8.38. The van der Waals surface area contributed by atoms with Crippen molar-refractivity contribution in [3.63, 3.8) is 0 Å². The normalized spacial score (nSPS) is 13.4. The minimum absolute atomic E-state index is 0.0240. The first-order chi connectivity index (χ1) is 9.45. The lowest BCUT2D eigenvalue weighted by Gasteiger charge is -2.19. The van der Waals surface area contributed by atoms with E-state index < -0.39 is 0 Å². The van der Waals surface area contributed by atoms with E-state index in [-0.39, 0.29) is 6.04 Å². The molecule has 0 saturated heterocycles. The van der Waals surface area contributed by atoms with Crippen LogP contribution in [0.25, 0.3) is 0 Å². The van der Waals surface area contributed by atoms with Crippen LogP contribution in [0.2, 0.25) is 5.02 Å². The number of likely N-dealkylation sites (N-methyl/N-ethyl adjacent to an activating group) is 1. The third-order valence-electron chi connectivity index (χ3n) is 2.86. The molecule has 3 N–H and O–H groups in total. The molecule has 5 nitrogen and oxygen atoms in total. The zero-order valence-corrected chi connectivity index (χ0v) is 14.3. The van der Waals surface area contributed by atoms with E-state index in [1.807, 2.05) is 30.5 Å². The van der Waals surface area contributed by atoms with E-state index in [4.69, 9.17) is 17.4 Å². The number of halogens is 1. The molecule has 20 heavy (non-hydrogen) atoms.